The van der Waals surface area contributed by atoms with E-state index in [1.807, 2.05) is 32.0 Å². The number of fused-ring (bicyclic) bond motifs is 3. The standard InChI is InChI=1S/C18H22N2O4S/c1-9(2)12(17(23)24)19-14(21)13-18(3,4)25-16-11-8-6-5-7-10(11)15(22)20(13)16/h5-9,12-13,16H,1-4H3,(H,19,21)(H,23,24). The van der Waals surface area contributed by atoms with Gasteiger partial charge < -0.3 is 15.3 Å². The molecule has 0 aromatic heterocycles. The Morgan fingerprint density at radius 3 is 2.52 bits per heavy atom. The number of nitrogens with one attached hydrogen (secondary N) is 1. The van der Waals surface area contributed by atoms with Crippen LogP contribution in [0.3, 0.4) is 0 Å². The molecule has 2 amide bonds. The number of thioether (sulfide) groups is 1. The Labute approximate surface area is 151 Å². The Bertz CT molecular complexity index is 746. The van der Waals surface area contributed by atoms with Crippen LogP contribution < -0.4 is 5.32 Å². The Hall–Kier alpha value is -2.02. The van der Waals surface area contributed by atoms with Crippen LogP contribution in [0.25, 0.3) is 0 Å². The molecule has 0 spiro atoms. The summed E-state index contributed by atoms with van der Waals surface area (Å²) in [6, 6.07) is 5.68. The number of hydrogen-bond acceptors (Lipinski definition) is 4. The molecule has 2 heterocycles. The highest BCUT2D eigenvalue weighted by Gasteiger charge is 2.57. The maximum atomic E-state index is 12.9. The Morgan fingerprint density at radius 2 is 1.92 bits per heavy atom. The summed E-state index contributed by atoms with van der Waals surface area (Å²) < 4.78 is -0.516. The van der Waals surface area contributed by atoms with Gasteiger partial charge in [0, 0.05) is 10.3 Å². The molecule has 2 N–H and O–H groups in total. The van der Waals surface area contributed by atoms with Crippen molar-refractivity contribution in [3.63, 3.8) is 0 Å². The molecule has 1 aromatic carbocycles. The lowest BCUT2D eigenvalue weighted by Crippen LogP contribution is -2.56. The molecule has 2 aliphatic heterocycles. The quantitative estimate of drug-likeness (QED) is 0.858. The molecule has 0 bridgehead atoms. The smallest absolute Gasteiger partial charge is 0.326 e. The Morgan fingerprint density at radius 1 is 1.28 bits per heavy atom. The normalized spacial score (nSPS) is 24.8. The van der Waals surface area contributed by atoms with Gasteiger partial charge >= 0.3 is 5.97 Å². The van der Waals surface area contributed by atoms with E-state index in [9.17, 15) is 19.5 Å². The number of carbonyl (C=O) groups excluding carboxylic acids is 2. The SMILES string of the molecule is CC(C)C(NC(=O)C1N2C(=O)c3ccccc3C2SC1(C)C)C(=O)O. The fourth-order valence-corrected chi connectivity index (χ4v) is 5.14. The van der Waals surface area contributed by atoms with Crippen molar-refractivity contribution in [1.29, 1.82) is 0 Å². The summed E-state index contributed by atoms with van der Waals surface area (Å²) in [5.41, 5.74) is 1.53. The largest absolute Gasteiger partial charge is 0.480 e. The molecule has 6 nitrogen and oxygen atoms in total. The second-order valence-electron chi connectivity index (χ2n) is 7.34. The molecule has 1 saturated heterocycles. The molecule has 7 heteroatoms. The van der Waals surface area contributed by atoms with Gasteiger partial charge in [0.2, 0.25) is 5.91 Å². The third kappa shape index (κ3) is 2.80. The molecule has 3 atom stereocenters. The minimum atomic E-state index is -1.07. The molecule has 2 aliphatic rings. The van der Waals surface area contributed by atoms with Crippen LogP contribution in [0.5, 0.6) is 0 Å². The van der Waals surface area contributed by atoms with Crippen LogP contribution in [-0.4, -0.2) is 44.6 Å². The third-order valence-electron chi connectivity index (χ3n) is 4.78. The molecule has 1 aromatic rings. The topological polar surface area (TPSA) is 86.7 Å². The minimum absolute atomic E-state index is 0.171. The van der Waals surface area contributed by atoms with Crippen molar-refractivity contribution in [3.8, 4) is 0 Å². The van der Waals surface area contributed by atoms with E-state index in [0.717, 1.165) is 5.56 Å². The van der Waals surface area contributed by atoms with Crippen LogP contribution in [0, 0.1) is 5.92 Å². The fourth-order valence-electron chi connectivity index (χ4n) is 3.55. The summed E-state index contributed by atoms with van der Waals surface area (Å²) >= 11 is 1.56. The van der Waals surface area contributed by atoms with E-state index in [2.05, 4.69) is 5.32 Å². The van der Waals surface area contributed by atoms with Crippen LogP contribution in [0.2, 0.25) is 0 Å². The number of carboxylic acid groups (broad SMARTS) is 1. The summed E-state index contributed by atoms with van der Waals surface area (Å²) in [7, 11) is 0. The van der Waals surface area contributed by atoms with E-state index in [-0.39, 0.29) is 17.2 Å². The number of amides is 2. The van der Waals surface area contributed by atoms with Gasteiger partial charge in [-0.2, -0.15) is 0 Å². The summed E-state index contributed by atoms with van der Waals surface area (Å²) in [5, 5.41) is 11.8. The number of hydrogen-bond donors (Lipinski definition) is 2. The first kappa shape index (κ1) is 17.8. The van der Waals surface area contributed by atoms with E-state index in [1.54, 1.807) is 36.6 Å². The number of carbonyl (C=O) groups is 3. The predicted octanol–water partition coefficient (Wildman–Crippen LogP) is 2.26. The highest BCUT2D eigenvalue weighted by molar-refractivity contribution is 8.01. The van der Waals surface area contributed by atoms with Gasteiger partial charge in [0.1, 0.15) is 17.5 Å². The minimum Gasteiger partial charge on any atom is -0.480 e. The van der Waals surface area contributed by atoms with Crippen LogP contribution >= 0.6 is 11.8 Å². The Balaban J connectivity index is 1.93. The molecular formula is C18H22N2O4S. The van der Waals surface area contributed by atoms with Gasteiger partial charge in [0.25, 0.3) is 5.91 Å². The molecule has 3 rings (SSSR count). The first-order valence-electron chi connectivity index (χ1n) is 8.27. The van der Waals surface area contributed by atoms with Crippen molar-refractivity contribution < 1.29 is 19.5 Å². The molecule has 0 radical (unpaired) electrons. The van der Waals surface area contributed by atoms with Crippen LogP contribution in [0.4, 0.5) is 0 Å². The lowest BCUT2D eigenvalue weighted by Gasteiger charge is -2.31. The van der Waals surface area contributed by atoms with Gasteiger partial charge in [-0.3, -0.25) is 9.59 Å². The van der Waals surface area contributed by atoms with E-state index < -0.39 is 28.7 Å². The van der Waals surface area contributed by atoms with E-state index in [4.69, 9.17) is 0 Å². The summed E-state index contributed by atoms with van der Waals surface area (Å²) in [5.74, 6) is -1.90. The van der Waals surface area contributed by atoms with Gasteiger partial charge in [0.15, 0.2) is 0 Å². The average molecular weight is 362 g/mol. The molecule has 0 aliphatic carbocycles. The molecule has 0 saturated carbocycles. The number of benzene rings is 1. The van der Waals surface area contributed by atoms with Crippen molar-refractivity contribution in [2.24, 2.45) is 5.92 Å². The summed E-state index contributed by atoms with van der Waals surface area (Å²) in [4.78, 5) is 38.8. The van der Waals surface area contributed by atoms with Crippen molar-refractivity contribution in [3.05, 3.63) is 35.4 Å². The average Bonchev–Trinajstić information content (AvgIpc) is 2.95. The zero-order valence-electron chi connectivity index (χ0n) is 14.6. The van der Waals surface area contributed by atoms with Crippen LogP contribution in [0.1, 0.15) is 49.0 Å². The van der Waals surface area contributed by atoms with E-state index >= 15 is 0 Å². The van der Waals surface area contributed by atoms with E-state index in [0.29, 0.717) is 5.56 Å². The Kier molecular flexibility index (Phi) is 4.31. The van der Waals surface area contributed by atoms with E-state index in [1.165, 1.54) is 0 Å². The third-order valence-corrected chi connectivity index (χ3v) is 6.31. The maximum Gasteiger partial charge on any atom is 0.326 e. The highest BCUT2D eigenvalue weighted by Crippen LogP contribution is 2.56. The lowest BCUT2D eigenvalue weighted by molar-refractivity contribution is -0.144. The fraction of sp³-hybridized carbons (Fsp3) is 0.500. The van der Waals surface area contributed by atoms with Crippen molar-refractivity contribution in [1.82, 2.24) is 10.2 Å². The first-order chi connectivity index (χ1) is 11.6. The summed E-state index contributed by atoms with van der Waals surface area (Å²) in [6.45, 7) is 7.32. The van der Waals surface area contributed by atoms with Gasteiger partial charge in [-0.15, -0.1) is 11.8 Å². The van der Waals surface area contributed by atoms with Crippen molar-refractivity contribution in [2.45, 2.75) is 49.9 Å². The van der Waals surface area contributed by atoms with Gasteiger partial charge in [-0.05, 0) is 31.4 Å². The number of rotatable bonds is 4. The van der Waals surface area contributed by atoms with Crippen LogP contribution in [-0.2, 0) is 9.59 Å². The van der Waals surface area contributed by atoms with Crippen LogP contribution in [0.15, 0.2) is 24.3 Å². The van der Waals surface area contributed by atoms with Gasteiger partial charge in [-0.1, -0.05) is 32.0 Å². The number of nitrogens with zero attached hydrogens (tertiary/aromatic N) is 1. The number of carboxylic acids is 1. The summed E-state index contributed by atoms with van der Waals surface area (Å²) in [6.07, 6.45) is 0. The molecular weight excluding hydrogens is 340 g/mol. The van der Waals surface area contributed by atoms with Crippen molar-refractivity contribution in [2.75, 3.05) is 0 Å². The zero-order chi connectivity index (χ0) is 18.5. The van der Waals surface area contributed by atoms with Crippen molar-refractivity contribution >= 4 is 29.5 Å². The van der Waals surface area contributed by atoms with Gasteiger partial charge in [-0.25, -0.2) is 4.79 Å². The predicted molar refractivity (Wildman–Crippen MR) is 95.2 cm³/mol. The first-order valence-corrected chi connectivity index (χ1v) is 9.15. The monoisotopic (exact) mass is 362 g/mol. The molecule has 134 valence electrons. The second-order valence-corrected chi connectivity index (χ2v) is 9.08. The molecule has 3 unspecified atom stereocenters. The number of aliphatic carboxylic acids is 1. The van der Waals surface area contributed by atoms with Gasteiger partial charge in [0.05, 0.1) is 0 Å². The maximum absolute atomic E-state index is 12.9. The zero-order valence-corrected chi connectivity index (χ0v) is 15.5. The molecule has 25 heavy (non-hydrogen) atoms. The highest BCUT2D eigenvalue weighted by atomic mass is 32.2. The second kappa shape index (κ2) is 6.05. The molecule has 1 fully saturated rings. The lowest BCUT2D eigenvalue weighted by atomic mass is 9.98.